The van der Waals surface area contributed by atoms with E-state index in [9.17, 15) is 9.90 Å². The number of aliphatic hydroxyl groups is 1. The van der Waals surface area contributed by atoms with Crippen molar-refractivity contribution in [3.8, 4) is 0 Å². The Kier molecular flexibility index (Phi) is 4.43. The quantitative estimate of drug-likeness (QED) is 0.908. The van der Waals surface area contributed by atoms with Crippen LogP contribution in [0.2, 0.25) is 0 Å². The maximum absolute atomic E-state index is 12.4. The smallest absolute Gasteiger partial charge is 0.248 e. The number of aryl methyl sites for hydroxylation is 2. The molecule has 5 heteroatoms. The van der Waals surface area contributed by atoms with Gasteiger partial charge in [-0.1, -0.05) is 18.2 Å². The lowest BCUT2D eigenvalue weighted by Gasteiger charge is -2.17. The van der Waals surface area contributed by atoms with Gasteiger partial charge in [0, 0.05) is 16.9 Å². The lowest BCUT2D eigenvalue weighted by molar-refractivity contribution is -0.119. The Morgan fingerprint density at radius 3 is 2.52 bits per heavy atom. The second-order valence-corrected chi connectivity index (χ2v) is 5.30. The third-order valence-electron chi connectivity index (χ3n) is 3.46. The van der Waals surface area contributed by atoms with E-state index >= 15 is 0 Å². The Hall–Kier alpha value is -2.14. The highest BCUT2D eigenvalue weighted by atomic mass is 16.3. The van der Waals surface area contributed by atoms with Crippen molar-refractivity contribution >= 4 is 11.6 Å². The van der Waals surface area contributed by atoms with Crippen molar-refractivity contribution in [3.63, 3.8) is 0 Å². The normalized spacial score (nSPS) is 13.8. The molecule has 0 saturated carbocycles. The molecule has 0 bridgehead atoms. The minimum absolute atomic E-state index is 0.158. The predicted molar refractivity (Wildman–Crippen MR) is 82.1 cm³/mol. The summed E-state index contributed by atoms with van der Waals surface area (Å²) in [6.07, 6.45) is -0.634. The Labute approximate surface area is 124 Å². The molecule has 21 heavy (non-hydrogen) atoms. The van der Waals surface area contributed by atoms with E-state index in [4.69, 9.17) is 0 Å². The fraction of sp³-hybridized carbons (Fsp3) is 0.375. The van der Waals surface area contributed by atoms with Crippen LogP contribution in [0.4, 0.5) is 5.69 Å². The molecule has 0 radical (unpaired) electrons. The van der Waals surface area contributed by atoms with Gasteiger partial charge >= 0.3 is 0 Å². The zero-order valence-corrected chi connectivity index (χ0v) is 12.8. The summed E-state index contributed by atoms with van der Waals surface area (Å²) < 4.78 is 1.70. The molecule has 2 unspecified atom stereocenters. The van der Waals surface area contributed by atoms with E-state index in [0.717, 1.165) is 11.4 Å². The molecule has 112 valence electrons. The van der Waals surface area contributed by atoms with Crippen LogP contribution < -0.4 is 5.32 Å². The Bertz CT molecular complexity index is 647. The van der Waals surface area contributed by atoms with Gasteiger partial charge in [0.25, 0.3) is 0 Å². The predicted octanol–water partition coefficient (Wildman–Crippen LogP) is 2.75. The molecular formula is C16H21N3O2. The monoisotopic (exact) mass is 287 g/mol. The number of benzene rings is 1. The maximum atomic E-state index is 12.4. The summed E-state index contributed by atoms with van der Waals surface area (Å²) >= 11 is 0. The van der Waals surface area contributed by atoms with E-state index in [1.165, 1.54) is 0 Å². The molecule has 1 aromatic carbocycles. The zero-order valence-electron chi connectivity index (χ0n) is 12.8. The van der Waals surface area contributed by atoms with Gasteiger partial charge in [-0.25, -0.2) is 0 Å². The molecule has 0 aliphatic rings. The second-order valence-electron chi connectivity index (χ2n) is 5.30. The van der Waals surface area contributed by atoms with Crippen molar-refractivity contribution in [2.24, 2.45) is 0 Å². The van der Waals surface area contributed by atoms with Gasteiger partial charge in [0.05, 0.1) is 11.8 Å². The number of carbonyl (C=O) groups excluding carboxylic acids is 1. The summed E-state index contributed by atoms with van der Waals surface area (Å²) in [5.41, 5.74) is 3.16. The lowest BCUT2D eigenvalue weighted by atomic mass is 10.1. The molecular weight excluding hydrogens is 266 g/mol. The average molecular weight is 287 g/mol. The molecule has 5 nitrogen and oxygen atoms in total. The molecule has 2 aromatic rings. The number of aliphatic hydroxyl groups excluding tert-OH is 1. The van der Waals surface area contributed by atoms with Crippen LogP contribution in [0.5, 0.6) is 0 Å². The molecule has 0 fully saturated rings. The van der Waals surface area contributed by atoms with Gasteiger partial charge in [0.2, 0.25) is 5.91 Å². The summed E-state index contributed by atoms with van der Waals surface area (Å²) in [6, 6.07) is 8.77. The minimum atomic E-state index is -0.634. The number of hydrogen-bond acceptors (Lipinski definition) is 3. The van der Waals surface area contributed by atoms with E-state index in [0.29, 0.717) is 11.3 Å². The van der Waals surface area contributed by atoms with Gasteiger partial charge in [0.15, 0.2) is 0 Å². The summed E-state index contributed by atoms with van der Waals surface area (Å²) in [4.78, 5) is 12.4. The SMILES string of the molecule is Cc1cc(C)n(C(C)C(=O)Nc2ccccc2C(C)O)n1. The summed E-state index contributed by atoms with van der Waals surface area (Å²) in [6.45, 7) is 7.31. The number of amides is 1. The third kappa shape index (κ3) is 3.31. The van der Waals surface area contributed by atoms with Crippen molar-refractivity contribution in [1.29, 1.82) is 0 Å². The zero-order chi connectivity index (χ0) is 15.6. The topological polar surface area (TPSA) is 67.2 Å². The summed E-state index contributed by atoms with van der Waals surface area (Å²) in [7, 11) is 0. The van der Waals surface area contributed by atoms with E-state index in [1.54, 1.807) is 30.7 Å². The number of hydrogen-bond donors (Lipinski definition) is 2. The molecule has 1 heterocycles. The molecule has 0 aliphatic heterocycles. The minimum Gasteiger partial charge on any atom is -0.389 e. The van der Waals surface area contributed by atoms with Gasteiger partial charge in [-0.05, 0) is 39.8 Å². The van der Waals surface area contributed by atoms with Gasteiger partial charge in [0.1, 0.15) is 6.04 Å². The van der Waals surface area contributed by atoms with Gasteiger partial charge in [-0.2, -0.15) is 5.10 Å². The van der Waals surface area contributed by atoms with Crippen LogP contribution in [0.3, 0.4) is 0 Å². The summed E-state index contributed by atoms with van der Waals surface area (Å²) in [5.74, 6) is -0.158. The molecule has 0 saturated heterocycles. The van der Waals surface area contributed by atoms with E-state index < -0.39 is 12.1 Å². The number of nitrogens with one attached hydrogen (secondary N) is 1. The number of nitrogens with zero attached hydrogens (tertiary/aromatic N) is 2. The molecule has 0 aliphatic carbocycles. The van der Waals surface area contributed by atoms with Crippen LogP contribution in [0.25, 0.3) is 0 Å². The van der Waals surface area contributed by atoms with Gasteiger partial charge in [-0.3, -0.25) is 9.48 Å². The molecule has 1 amide bonds. The first-order valence-electron chi connectivity index (χ1n) is 7.00. The van der Waals surface area contributed by atoms with Gasteiger partial charge < -0.3 is 10.4 Å². The van der Waals surface area contributed by atoms with Crippen LogP contribution in [0.1, 0.15) is 42.9 Å². The van der Waals surface area contributed by atoms with Crippen LogP contribution in [-0.2, 0) is 4.79 Å². The third-order valence-corrected chi connectivity index (χ3v) is 3.46. The largest absolute Gasteiger partial charge is 0.389 e. The first-order chi connectivity index (χ1) is 9.90. The molecule has 2 rings (SSSR count). The first-order valence-corrected chi connectivity index (χ1v) is 7.00. The van der Waals surface area contributed by atoms with Gasteiger partial charge in [-0.15, -0.1) is 0 Å². The number of anilines is 1. The van der Waals surface area contributed by atoms with E-state index in [1.807, 2.05) is 32.0 Å². The molecule has 1 aromatic heterocycles. The highest BCUT2D eigenvalue weighted by Gasteiger charge is 2.19. The first kappa shape index (κ1) is 15.3. The second kappa shape index (κ2) is 6.10. The molecule has 2 N–H and O–H groups in total. The number of rotatable bonds is 4. The Morgan fingerprint density at radius 2 is 1.95 bits per heavy atom. The molecule has 0 spiro atoms. The van der Waals surface area contributed by atoms with Crippen molar-refractivity contribution < 1.29 is 9.90 Å². The van der Waals surface area contributed by atoms with E-state index in [2.05, 4.69) is 10.4 Å². The van der Waals surface area contributed by atoms with Crippen molar-refractivity contribution in [2.75, 3.05) is 5.32 Å². The number of carbonyl (C=O) groups is 1. The van der Waals surface area contributed by atoms with E-state index in [-0.39, 0.29) is 5.91 Å². The van der Waals surface area contributed by atoms with Crippen LogP contribution in [0, 0.1) is 13.8 Å². The highest BCUT2D eigenvalue weighted by Crippen LogP contribution is 2.23. The Morgan fingerprint density at radius 1 is 1.29 bits per heavy atom. The van der Waals surface area contributed by atoms with Crippen LogP contribution >= 0.6 is 0 Å². The number of aromatic nitrogens is 2. The van der Waals surface area contributed by atoms with Crippen LogP contribution in [-0.4, -0.2) is 20.8 Å². The fourth-order valence-corrected chi connectivity index (χ4v) is 2.36. The van der Waals surface area contributed by atoms with Crippen LogP contribution in [0.15, 0.2) is 30.3 Å². The lowest BCUT2D eigenvalue weighted by Crippen LogP contribution is -2.25. The van der Waals surface area contributed by atoms with Crippen molar-refractivity contribution in [2.45, 2.75) is 39.8 Å². The summed E-state index contributed by atoms with van der Waals surface area (Å²) in [5, 5.41) is 17.0. The fourth-order valence-electron chi connectivity index (χ4n) is 2.36. The molecule has 2 atom stereocenters. The average Bonchev–Trinajstić information content (AvgIpc) is 2.77. The highest BCUT2D eigenvalue weighted by molar-refractivity contribution is 5.94. The Balaban J connectivity index is 2.20. The number of para-hydroxylation sites is 1. The standard InChI is InChI=1S/C16H21N3O2/c1-10-9-11(2)19(18-10)12(3)16(21)17-15-8-6-5-7-14(15)13(4)20/h5-9,12-13,20H,1-4H3,(H,17,21). The van der Waals surface area contributed by atoms with Crippen molar-refractivity contribution in [1.82, 2.24) is 9.78 Å². The van der Waals surface area contributed by atoms with Crippen molar-refractivity contribution in [3.05, 3.63) is 47.3 Å². The maximum Gasteiger partial charge on any atom is 0.248 e.